The number of piperidine rings is 1. The molecule has 2 aromatic carbocycles. The zero-order chi connectivity index (χ0) is 32.0. The zero-order valence-electron chi connectivity index (χ0n) is 27.5. The Hall–Kier alpha value is -2.50. The fraction of sp³-hybridized carbons (Fsp3) is 0.629. The molecule has 2 aromatic rings. The first-order valence-electron chi connectivity index (χ1n) is 16.7. The van der Waals surface area contributed by atoms with Crippen molar-refractivity contribution in [2.75, 3.05) is 66.6 Å². The van der Waals surface area contributed by atoms with Crippen LogP contribution in [0.2, 0.25) is 0 Å². The Kier molecular flexibility index (Phi) is 11.6. The Labute approximate surface area is 270 Å². The molecule has 2 unspecified atom stereocenters. The molecule has 1 saturated carbocycles. The first-order chi connectivity index (χ1) is 21.7. The topological polar surface area (TPSA) is 91.4 Å². The minimum atomic E-state index is -3.64. The van der Waals surface area contributed by atoms with E-state index in [9.17, 15) is 13.2 Å². The average molecular weight is 641 g/mol. The maximum Gasteiger partial charge on any atom is 0.246 e. The summed E-state index contributed by atoms with van der Waals surface area (Å²) in [6.45, 7) is 9.29. The number of methoxy groups -OCH3 is 1. The van der Waals surface area contributed by atoms with Crippen LogP contribution in [0.25, 0.3) is 0 Å². The number of ether oxygens (including phenoxy) is 2. The summed E-state index contributed by atoms with van der Waals surface area (Å²) in [6, 6.07) is 15.1. The van der Waals surface area contributed by atoms with E-state index in [-0.39, 0.29) is 24.5 Å². The summed E-state index contributed by atoms with van der Waals surface area (Å²) < 4.78 is 40.0. The standard InChI is InChI=1S/C35H52N4O5S/c1-26-21-32(43-4)22-27(2)35(26)45(41,42)39-16-8-9-28(23-39)24-44-25-33(40)36-31-14-12-30(13-15-31)34(29-10-6-5-7-11-29)38-19-17-37(3)18-20-38/h5-7,10-11,21-22,28,30-31,34H,8-9,12-20,23-25H2,1-4H3,(H,36,40). The Balaban J connectivity index is 1.08. The van der Waals surface area contributed by atoms with Crippen LogP contribution in [-0.4, -0.2) is 101 Å². The van der Waals surface area contributed by atoms with Crippen molar-refractivity contribution in [3.63, 3.8) is 0 Å². The number of nitrogens with zero attached hydrogens (tertiary/aromatic N) is 3. The van der Waals surface area contributed by atoms with E-state index in [0.717, 1.165) is 64.7 Å². The monoisotopic (exact) mass is 640 g/mol. The van der Waals surface area contributed by atoms with Crippen LogP contribution in [0, 0.1) is 25.7 Å². The molecule has 1 aliphatic carbocycles. The zero-order valence-corrected chi connectivity index (χ0v) is 28.4. The molecule has 10 heteroatoms. The minimum absolute atomic E-state index is 0.00775. The molecule has 0 spiro atoms. The van der Waals surface area contributed by atoms with Gasteiger partial charge in [0.15, 0.2) is 0 Å². The lowest BCUT2D eigenvalue weighted by Gasteiger charge is -2.44. The highest BCUT2D eigenvalue weighted by molar-refractivity contribution is 7.89. The number of rotatable bonds is 11. The highest BCUT2D eigenvalue weighted by Crippen LogP contribution is 2.39. The fourth-order valence-corrected chi connectivity index (χ4v) is 9.61. The first kappa shape index (κ1) is 33.9. The van der Waals surface area contributed by atoms with E-state index in [4.69, 9.17) is 9.47 Å². The van der Waals surface area contributed by atoms with E-state index < -0.39 is 10.0 Å². The molecule has 1 amide bonds. The first-order valence-corrected chi connectivity index (χ1v) is 18.1. The van der Waals surface area contributed by atoms with Crippen LogP contribution in [0.4, 0.5) is 0 Å². The van der Waals surface area contributed by atoms with Crippen LogP contribution < -0.4 is 10.1 Å². The second kappa shape index (κ2) is 15.4. The number of piperazine rings is 1. The number of aryl methyl sites for hydroxylation is 2. The van der Waals surface area contributed by atoms with Crippen molar-refractivity contribution >= 4 is 15.9 Å². The van der Waals surface area contributed by atoms with E-state index in [0.29, 0.717) is 53.4 Å². The van der Waals surface area contributed by atoms with Gasteiger partial charge in [0.25, 0.3) is 0 Å². The molecular formula is C35H52N4O5S. The summed E-state index contributed by atoms with van der Waals surface area (Å²) in [5.41, 5.74) is 2.78. The van der Waals surface area contributed by atoms with Gasteiger partial charge in [0, 0.05) is 51.4 Å². The van der Waals surface area contributed by atoms with Gasteiger partial charge < -0.3 is 19.7 Å². The lowest BCUT2D eigenvalue weighted by atomic mass is 9.78. The van der Waals surface area contributed by atoms with E-state index in [2.05, 4.69) is 52.5 Å². The Morgan fingerprint density at radius 2 is 1.62 bits per heavy atom. The van der Waals surface area contributed by atoms with Crippen LogP contribution in [0.3, 0.4) is 0 Å². The molecule has 3 aliphatic rings. The summed E-state index contributed by atoms with van der Waals surface area (Å²) in [4.78, 5) is 18.3. The molecule has 0 radical (unpaired) electrons. The molecule has 248 valence electrons. The largest absolute Gasteiger partial charge is 0.497 e. The van der Waals surface area contributed by atoms with Crippen LogP contribution in [0.15, 0.2) is 47.4 Å². The highest BCUT2D eigenvalue weighted by atomic mass is 32.2. The van der Waals surface area contributed by atoms with Gasteiger partial charge in [-0.25, -0.2) is 8.42 Å². The molecule has 9 nitrogen and oxygen atoms in total. The van der Waals surface area contributed by atoms with Gasteiger partial charge in [-0.1, -0.05) is 30.3 Å². The number of nitrogens with one attached hydrogen (secondary N) is 1. The highest BCUT2D eigenvalue weighted by Gasteiger charge is 2.35. The number of amides is 1. The molecule has 5 rings (SSSR count). The Morgan fingerprint density at radius 1 is 0.956 bits per heavy atom. The quantitative estimate of drug-likeness (QED) is 0.390. The van der Waals surface area contributed by atoms with Gasteiger partial charge in [0.1, 0.15) is 12.4 Å². The number of carbonyl (C=O) groups excluding carboxylic acids is 1. The molecule has 2 heterocycles. The van der Waals surface area contributed by atoms with Gasteiger partial charge in [-0.2, -0.15) is 4.31 Å². The third-order valence-corrected chi connectivity index (χ3v) is 12.2. The molecule has 2 saturated heterocycles. The predicted molar refractivity (Wildman–Crippen MR) is 177 cm³/mol. The lowest BCUT2D eigenvalue weighted by Crippen LogP contribution is -2.48. The number of carbonyl (C=O) groups is 1. The summed E-state index contributed by atoms with van der Waals surface area (Å²) in [7, 11) is 0.142. The fourth-order valence-electron chi connectivity index (χ4n) is 7.64. The molecular weight excluding hydrogens is 588 g/mol. The van der Waals surface area contributed by atoms with Crippen molar-refractivity contribution in [1.82, 2.24) is 19.4 Å². The van der Waals surface area contributed by atoms with Gasteiger partial charge in [-0.05, 0) is 100 Å². The molecule has 45 heavy (non-hydrogen) atoms. The van der Waals surface area contributed by atoms with Gasteiger partial charge in [0.2, 0.25) is 15.9 Å². The smallest absolute Gasteiger partial charge is 0.246 e. The third kappa shape index (κ3) is 8.46. The second-order valence-electron chi connectivity index (χ2n) is 13.4. The van der Waals surface area contributed by atoms with E-state index in [1.807, 2.05) is 13.8 Å². The summed E-state index contributed by atoms with van der Waals surface area (Å²) in [5.74, 6) is 1.21. The number of benzene rings is 2. The van der Waals surface area contributed by atoms with Crippen molar-refractivity contribution in [1.29, 1.82) is 0 Å². The Morgan fingerprint density at radius 3 is 2.27 bits per heavy atom. The van der Waals surface area contributed by atoms with Gasteiger partial charge in [-0.3, -0.25) is 9.69 Å². The van der Waals surface area contributed by atoms with Crippen molar-refractivity contribution < 1.29 is 22.7 Å². The molecule has 2 atom stereocenters. The summed E-state index contributed by atoms with van der Waals surface area (Å²) >= 11 is 0. The number of sulfonamides is 1. The van der Waals surface area contributed by atoms with E-state index in [1.165, 1.54) is 5.56 Å². The van der Waals surface area contributed by atoms with E-state index in [1.54, 1.807) is 23.5 Å². The normalized spacial score (nSPS) is 24.7. The van der Waals surface area contributed by atoms with Crippen molar-refractivity contribution in [2.45, 2.75) is 69.4 Å². The van der Waals surface area contributed by atoms with Crippen molar-refractivity contribution in [2.24, 2.45) is 11.8 Å². The van der Waals surface area contributed by atoms with Crippen LogP contribution in [0.5, 0.6) is 5.75 Å². The van der Waals surface area contributed by atoms with Crippen molar-refractivity contribution in [3.8, 4) is 5.75 Å². The summed E-state index contributed by atoms with van der Waals surface area (Å²) in [6.07, 6.45) is 5.80. The van der Waals surface area contributed by atoms with Crippen LogP contribution in [-0.2, 0) is 19.6 Å². The van der Waals surface area contributed by atoms with Crippen LogP contribution in [0.1, 0.15) is 61.3 Å². The second-order valence-corrected chi connectivity index (χ2v) is 15.2. The lowest BCUT2D eigenvalue weighted by molar-refractivity contribution is -0.127. The minimum Gasteiger partial charge on any atom is -0.497 e. The maximum absolute atomic E-state index is 13.6. The number of hydrogen-bond acceptors (Lipinski definition) is 7. The predicted octanol–water partition coefficient (Wildman–Crippen LogP) is 4.39. The maximum atomic E-state index is 13.6. The molecule has 2 aliphatic heterocycles. The molecule has 3 fully saturated rings. The number of likely N-dealkylation sites (N-methyl/N-ethyl adjacent to an activating group) is 1. The molecule has 1 N–H and O–H groups in total. The summed E-state index contributed by atoms with van der Waals surface area (Å²) in [5, 5.41) is 3.22. The SMILES string of the molecule is COc1cc(C)c(S(=O)(=O)N2CCCC(COCC(=O)NC3CCC(C(c4ccccc4)N4CCN(C)CC4)CC3)C2)c(C)c1. The third-order valence-electron chi connectivity index (χ3n) is 9.99. The Bertz CT molecular complexity index is 1350. The molecule has 0 aromatic heterocycles. The van der Waals surface area contributed by atoms with E-state index >= 15 is 0 Å². The van der Waals surface area contributed by atoms with Crippen LogP contribution >= 0.6 is 0 Å². The number of hydrogen-bond donors (Lipinski definition) is 1. The average Bonchev–Trinajstić information content (AvgIpc) is 3.03. The van der Waals surface area contributed by atoms with Gasteiger partial charge in [0.05, 0.1) is 18.6 Å². The van der Waals surface area contributed by atoms with Gasteiger partial charge >= 0.3 is 0 Å². The van der Waals surface area contributed by atoms with Gasteiger partial charge in [-0.15, -0.1) is 0 Å². The molecule has 0 bridgehead atoms. The van der Waals surface area contributed by atoms with Crippen molar-refractivity contribution in [3.05, 3.63) is 59.2 Å².